The van der Waals surface area contributed by atoms with Crippen LogP contribution >= 0.6 is 0 Å². The van der Waals surface area contributed by atoms with Gasteiger partial charge in [-0.3, -0.25) is 14.4 Å². The van der Waals surface area contributed by atoms with Crippen molar-refractivity contribution < 1.29 is 19.5 Å². The SMILES string of the molecule is Cc1ccc(C(CC(=O)O)NC(=O)c2ccc(N3CCN(C(=O)Cc4ccccc4)CC3)c(N)c2)cc1. The van der Waals surface area contributed by atoms with E-state index in [1.54, 1.807) is 12.1 Å². The van der Waals surface area contributed by atoms with Gasteiger partial charge in [-0.05, 0) is 36.2 Å². The molecule has 0 saturated carbocycles. The minimum Gasteiger partial charge on any atom is -0.481 e. The number of nitrogens with one attached hydrogen (secondary N) is 1. The van der Waals surface area contributed by atoms with Crippen LogP contribution in [-0.2, 0) is 16.0 Å². The Hall–Kier alpha value is -4.33. The first kappa shape index (κ1) is 25.8. The minimum absolute atomic E-state index is 0.107. The van der Waals surface area contributed by atoms with Gasteiger partial charge in [-0.1, -0.05) is 60.2 Å². The van der Waals surface area contributed by atoms with E-state index in [9.17, 15) is 19.5 Å². The molecule has 0 spiro atoms. The van der Waals surface area contributed by atoms with Crippen molar-refractivity contribution in [2.75, 3.05) is 36.8 Å². The predicted molar refractivity (Wildman–Crippen MR) is 143 cm³/mol. The molecule has 1 saturated heterocycles. The summed E-state index contributed by atoms with van der Waals surface area (Å²) in [5.41, 5.74) is 10.7. The number of benzene rings is 3. The number of carbonyl (C=O) groups is 3. The third-order valence-electron chi connectivity index (χ3n) is 6.62. The number of piperazine rings is 1. The molecule has 192 valence electrons. The number of anilines is 2. The second kappa shape index (κ2) is 11.6. The van der Waals surface area contributed by atoms with E-state index in [0.717, 1.165) is 22.4 Å². The van der Waals surface area contributed by atoms with Crippen LogP contribution in [0.25, 0.3) is 0 Å². The quantitative estimate of drug-likeness (QED) is 0.408. The Kier molecular flexibility index (Phi) is 8.08. The Morgan fingerprint density at radius 3 is 2.24 bits per heavy atom. The fraction of sp³-hybridized carbons (Fsp3) is 0.276. The lowest BCUT2D eigenvalue weighted by atomic mass is 10.0. The Morgan fingerprint density at radius 1 is 0.946 bits per heavy atom. The second-order valence-electron chi connectivity index (χ2n) is 9.34. The number of aliphatic carboxylic acids is 1. The highest BCUT2D eigenvalue weighted by molar-refractivity contribution is 5.96. The number of rotatable bonds is 8. The molecule has 3 aromatic carbocycles. The van der Waals surface area contributed by atoms with E-state index in [4.69, 9.17) is 5.73 Å². The van der Waals surface area contributed by atoms with Gasteiger partial charge in [0.2, 0.25) is 5.91 Å². The van der Waals surface area contributed by atoms with Crippen LogP contribution in [0.4, 0.5) is 11.4 Å². The molecule has 4 N–H and O–H groups in total. The fourth-order valence-corrected chi connectivity index (χ4v) is 4.53. The van der Waals surface area contributed by atoms with E-state index in [-0.39, 0.29) is 18.2 Å². The van der Waals surface area contributed by atoms with Gasteiger partial charge in [-0.15, -0.1) is 0 Å². The summed E-state index contributed by atoms with van der Waals surface area (Å²) in [5.74, 6) is -1.28. The van der Waals surface area contributed by atoms with Crippen LogP contribution in [0.5, 0.6) is 0 Å². The summed E-state index contributed by atoms with van der Waals surface area (Å²) in [4.78, 5) is 41.0. The molecule has 0 aromatic heterocycles. The second-order valence-corrected chi connectivity index (χ2v) is 9.34. The van der Waals surface area contributed by atoms with Gasteiger partial charge < -0.3 is 26.0 Å². The maximum atomic E-state index is 13.0. The van der Waals surface area contributed by atoms with Crippen LogP contribution in [0.15, 0.2) is 72.8 Å². The van der Waals surface area contributed by atoms with Crippen LogP contribution < -0.4 is 16.0 Å². The van der Waals surface area contributed by atoms with Crippen molar-refractivity contribution in [1.82, 2.24) is 10.2 Å². The average Bonchev–Trinajstić information content (AvgIpc) is 2.89. The number of carbonyl (C=O) groups excluding carboxylic acids is 2. The minimum atomic E-state index is -0.998. The van der Waals surface area contributed by atoms with Gasteiger partial charge in [0.1, 0.15) is 0 Å². The molecular weight excluding hydrogens is 468 g/mol. The van der Waals surface area contributed by atoms with Crippen molar-refractivity contribution in [2.24, 2.45) is 0 Å². The van der Waals surface area contributed by atoms with Crippen LogP contribution in [0.3, 0.4) is 0 Å². The number of hydrogen-bond donors (Lipinski definition) is 3. The van der Waals surface area contributed by atoms with Gasteiger partial charge in [-0.2, -0.15) is 0 Å². The Morgan fingerprint density at radius 2 is 1.62 bits per heavy atom. The maximum Gasteiger partial charge on any atom is 0.305 e. The standard InChI is InChI=1S/C29H32N4O4/c1-20-7-9-22(10-8-20)25(19-28(35)36)31-29(37)23-11-12-26(24(30)18-23)32-13-15-33(16-14-32)27(34)17-21-5-3-2-4-6-21/h2-12,18,25H,13-17,19,30H2,1H3,(H,31,37)(H,35,36). The number of amides is 2. The number of nitrogen functional groups attached to an aromatic ring is 1. The summed E-state index contributed by atoms with van der Waals surface area (Å²) in [5, 5.41) is 12.2. The maximum absolute atomic E-state index is 13.0. The van der Waals surface area contributed by atoms with Crippen molar-refractivity contribution in [3.63, 3.8) is 0 Å². The molecule has 1 unspecified atom stereocenters. The Labute approximate surface area is 216 Å². The van der Waals surface area contributed by atoms with Gasteiger partial charge in [0.25, 0.3) is 5.91 Å². The van der Waals surface area contributed by atoms with Gasteiger partial charge in [0.05, 0.1) is 30.3 Å². The molecule has 4 rings (SSSR count). The van der Waals surface area contributed by atoms with Crippen molar-refractivity contribution in [1.29, 1.82) is 0 Å². The lowest BCUT2D eigenvalue weighted by molar-refractivity contribution is -0.137. The smallest absolute Gasteiger partial charge is 0.305 e. The summed E-state index contributed by atoms with van der Waals surface area (Å²) >= 11 is 0. The van der Waals surface area contributed by atoms with Crippen LogP contribution in [0, 0.1) is 6.92 Å². The molecule has 1 fully saturated rings. The molecule has 0 bridgehead atoms. The molecule has 2 amide bonds. The summed E-state index contributed by atoms with van der Waals surface area (Å²) in [6.07, 6.45) is 0.161. The summed E-state index contributed by atoms with van der Waals surface area (Å²) in [7, 11) is 0. The number of nitrogens with two attached hydrogens (primary N) is 1. The molecule has 8 heteroatoms. The Balaban J connectivity index is 1.38. The van der Waals surface area contributed by atoms with Crippen molar-refractivity contribution in [3.05, 3.63) is 95.1 Å². The van der Waals surface area contributed by atoms with E-state index < -0.39 is 12.0 Å². The highest BCUT2D eigenvalue weighted by atomic mass is 16.4. The van der Waals surface area contributed by atoms with E-state index in [0.29, 0.717) is 43.9 Å². The topological polar surface area (TPSA) is 116 Å². The molecule has 3 aromatic rings. The van der Waals surface area contributed by atoms with Crippen LogP contribution in [0.1, 0.15) is 39.5 Å². The molecule has 0 aliphatic carbocycles. The molecule has 1 atom stereocenters. The highest BCUT2D eigenvalue weighted by Crippen LogP contribution is 2.26. The predicted octanol–water partition coefficient (Wildman–Crippen LogP) is 3.41. The third kappa shape index (κ3) is 6.67. The molecule has 8 nitrogen and oxygen atoms in total. The van der Waals surface area contributed by atoms with Gasteiger partial charge in [-0.25, -0.2) is 0 Å². The van der Waals surface area contributed by atoms with E-state index in [1.807, 2.05) is 72.5 Å². The molecule has 1 heterocycles. The largest absolute Gasteiger partial charge is 0.481 e. The van der Waals surface area contributed by atoms with Gasteiger partial charge >= 0.3 is 5.97 Å². The average molecular weight is 501 g/mol. The van der Waals surface area contributed by atoms with Gasteiger partial charge in [0, 0.05) is 31.7 Å². The van der Waals surface area contributed by atoms with Crippen molar-refractivity contribution in [3.8, 4) is 0 Å². The first-order chi connectivity index (χ1) is 17.8. The highest BCUT2D eigenvalue weighted by Gasteiger charge is 2.24. The first-order valence-corrected chi connectivity index (χ1v) is 12.4. The van der Waals surface area contributed by atoms with Crippen molar-refractivity contribution in [2.45, 2.75) is 25.8 Å². The zero-order valence-electron chi connectivity index (χ0n) is 20.9. The third-order valence-corrected chi connectivity index (χ3v) is 6.62. The monoisotopic (exact) mass is 500 g/mol. The number of hydrogen-bond acceptors (Lipinski definition) is 5. The van der Waals surface area contributed by atoms with Crippen LogP contribution in [-0.4, -0.2) is 54.0 Å². The first-order valence-electron chi connectivity index (χ1n) is 12.4. The van der Waals surface area contributed by atoms with Gasteiger partial charge in [0.15, 0.2) is 0 Å². The summed E-state index contributed by atoms with van der Waals surface area (Å²) < 4.78 is 0. The van der Waals surface area contributed by atoms with E-state index in [1.165, 1.54) is 0 Å². The molecular formula is C29H32N4O4. The molecule has 1 aliphatic rings. The fourth-order valence-electron chi connectivity index (χ4n) is 4.53. The zero-order chi connectivity index (χ0) is 26.4. The number of carboxylic acids is 1. The summed E-state index contributed by atoms with van der Waals surface area (Å²) in [6, 6.07) is 21.6. The molecule has 1 aliphatic heterocycles. The van der Waals surface area contributed by atoms with Crippen molar-refractivity contribution >= 4 is 29.2 Å². The lowest BCUT2D eigenvalue weighted by Gasteiger charge is -2.36. The normalized spacial score (nSPS) is 14.2. The summed E-state index contributed by atoms with van der Waals surface area (Å²) in [6.45, 7) is 4.43. The zero-order valence-corrected chi connectivity index (χ0v) is 20.9. The lowest BCUT2D eigenvalue weighted by Crippen LogP contribution is -2.49. The molecule has 37 heavy (non-hydrogen) atoms. The number of aryl methyl sites for hydroxylation is 1. The number of carboxylic acid groups (broad SMARTS) is 1. The van der Waals surface area contributed by atoms with E-state index in [2.05, 4.69) is 10.2 Å². The number of nitrogens with zero attached hydrogens (tertiary/aromatic N) is 2. The van der Waals surface area contributed by atoms with E-state index >= 15 is 0 Å². The molecule has 0 radical (unpaired) electrons. The Bertz CT molecular complexity index is 1250. The van der Waals surface area contributed by atoms with Crippen LogP contribution in [0.2, 0.25) is 0 Å².